The van der Waals surface area contributed by atoms with Gasteiger partial charge in [-0.1, -0.05) is 15.9 Å². The van der Waals surface area contributed by atoms with Crippen molar-refractivity contribution in [2.75, 3.05) is 26.1 Å². The van der Waals surface area contributed by atoms with Crippen molar-refractivity contribution in [3.05, 3.63) is 46.3 Å². The van der Waals surface area contributed by atoms with E-state index in [1.165, 1.54) is 12.5 Å². The van der Waals surface area contributed by atoms with Gasteiger partial charge in [-0.3, -0.25) is 4.79 Å². The molecule has 0 atom stereocenters. The number of furan rings is 2. The number of carbonyl (C=O) groups excluding carboxylic acids is 1. The molecule has 1 amide bonds. The van der Waals surface area contributed by atoms with Crippen molar-refractivity contribution in [1.29, 1.82) is 0 Å². The molecule has 2 heterocycles. The maximum Gasteiger partial charge on any atom is 0.275 e. The van der Waals surface area contributed by atoms with E-state index in [1.54, 1.807) is 25.3 Å². The van der Waals surface area contributed by atoms with Crippen LogP contribution in [-0.4, -0.2) is 33.3 Å². The van der Waals surface area contributed by atoms with Gasteiger partial charge >= 0.3 is 0 Å². The van der Waals surface area contributed by atoms with Crippen LogP contribution in [0.3, 0.4) is 0 Å². The van der Waals surface area contributed by atoms with Crippen molar-refractivity contribution < 1.29 is 18.4 Å². The molecule has 0 aliphatic heterocycles. The molecule has 130 valence electrons. The zero-order valence-corrected chi connectivity index (χ0v) is 15.5. The summed E-state index contributed by atoms with van der Waals surface area (Å²) in [4.78, 5) is 14.2. The maximum atomic E-state index is 12.4. The first-order valence-corrected chi connectivity index (χ1v) is 8.14. The molecule has 0 spiro atoms. The number of nitrogens with zero attached hydrogens (tertiary/aromatic N) is 2. The van der Waals surface area contributed by atoms with Crippen LogP contribution in [0.2, 0.25) is 0 Å². The summed E-state index contributed by atoms with van der Waals surface area (Å²) < 4.78 is 17.0. The number of rotatable bonds is 5. The Hall–Kier alpha value is -2.74. The minimum Gasteiger partial charge on any atom is -0.493 e. The molecule has 0 unspecified atom stereocenters. The second-order valence-electron chi connectivity index (χ2n) is 5.40. The molecule has 3 aromatic rings. The third kappa shape index (κ3) is 3.53. The first-order valence-electron chi connectivity index (χ1n) is 7.35. The highest BCUT2D eigenvalue weighted by Crippen LogP contribution is 2.33. The number of hydrogen-bond donors (Lipinski definition) is 1. The van der Waals surface area contributed by atoms with Crippen molar-refractivity contribution >= 4 is 44.9 Å². The third-order valence-corrected chi connectivity index (χ3v) is 3.94. The van der Waals surface area contributed by atoms with E-state index in [1.807, 2.05) is 25.1 Å². The van der Waals surface area contributed by atoms with Gasteiger partial charge in [-0.05, 0) is 18.2 Å². The number of amides is 1. The summed E-state index contributed by atoms with van der Waals surface area (Å²) in [6.45, 7) is 0. The van der Waals surface area contributed by atoms with Crippen LogP contribution < -0.4 is 15.1 Å². The van der Waals surface area contributed by atoms with Crippen molar-refractivity contribution in [3.8, 4) is 5.75 Å². The lowest BCUT2D eigenvalue weighted by molar-refractivity contribution is 0.0956. The van der Waals surface area contributed by atoms with Gasteiger partial charge in [0.1, 0.15) is 12.0 Å². The van der Waals surface area contributed by atoms with Crippen molar-refractivity contribution in [1.82, 2.24) is 5.43 Å². The standard InChI is InChI=1S/C17H16BrN3O4/c1-21(2)15-5-4-11(25-15)8-19-20-17(22)13-9-24-16-12(13)6-10(18)7-14(16)23-3/h4-9H,1-3H3,(H,20,22). The number of methoxy groups -OCH3 is 1. The molecule has 8 heteroatoms. The predicted octanol–water partition coefficient (Wildman–Crippen LogP) is 3.63. The molecule has 0 fully saturated rings. The lowest BCUT2D eigenvalue weighted by Gasteiger charge is -2.05. The van der Waals surface area contributed by atoms with Gasteiger partial charge < -0.3 is 18.5 Å². The number of hydrazone groups is 1. The molecule has 3 rings (SSSR count). The smallest absolute Gasteiger partial charge is 0.275 e. The molecular weight excluding hydrogens is 390 g/mol. The summed E-state index contributed by atoms with van der Waals surface area (Å²) in [6, 6.07) is 7.14. The quantitative estimate of drug-likeness (QED) is 0.517. The fourth-order valence-corrected chi connectivity index (χ4v) is 2.70. The van der Waals surface area contributed by atoms with Gasteiger partial charge in [0.15, 0.2) is 17.2 Å². The minimum atomic E-state index is -0.394. The summed E-state index contributed by atoms with van der Waals surface area (Å²) in [5.41, 5.74) is 3.32. The van der Waals surface area contributed by atoms with Crippen molar-refractivity contribution in [2.45, 2.75) is 0 Å². The van der Waals surface area contributed by atoms with Crippen molar-refractivity contribution in [2.24, 2.45) is 5.10 Å². The zero-order chi connectivity index (χ0) is 18.0. The summed E-state index contributed by atoms with van der Waals surface area (Å²) >= 11 is 3.39. The largest absolute Gasteiger partial charge is 0.493 e. The molecule has 1 aromatic carbocycles. The number of hydrogen-bond acceptors (Lipinski definition) is 6. The van der Waals surface area contributed by atoms with Crippen molar-refractivity contribution in [3.63, 3.8) is 0 Å². The Morgan fingerprint density at radius 3 is 2.84 bits per heavy atom. The fraction of sp³-hybridized carbons (Fsp3) is 0.176. The van der Waals surface area contributed by atoms with Gasteiger partial charge in [0.25, 0.3) is 5.91 Å². The van der Waals surface area contributed by atoms with Gasteiger partial charge in [0.05, 0.1) is 18.9 Å². The summed E-state index contributed by atoms with van der Waals surface area (Å²) in [6.07, 6.45) is 2.81. The molecule has 2 aromatic heterocycles. The van der Waals surface area contributed by atoms with Gasteiger partial charge in [-0.25, -0.2) is 5.43 Å². The van der Waals surface area contributed by atoms with Gasteiger partial charge in [-0.2, -0.15) is 5.10 Å². The molecule has 1 N–H and O–H groups in total. The van der Waals surface area contributed by atoms with E-state index in [-0.39, 0.29) is 0 Å². The van der Waals surface area contributed by atoms with Gasteiger partial charge in [0.2, 0.25) is 0 Å². The first-order chi connectivity index (χ1) is 12.0. The fourth-order valence-electron chi connectivity index (χ4n) is 2.27. The first kappa shape index (κ1) is 17.1. The number of nitrogens with one attached hydrogen (secondary N) is 1. The van der Waals surface area contributed by atoms with E-state index in [9.17, 15) is 4.79 Å². The highest BCUT2D eigenvalue weighted by atomic mass is 79.9. The Labute approximate surface area is 152 Å². The molecule has 0 bridgehead atoms. The Morgan fingerprint density at radius 2 is 2.16 bits per heavy atom. The van der Waals surface area contributed by atoms with Gasteiger partial charge in [0, 0.05) is 30.0 Å². The second kappa shape index (κ2) is 7.02. The van der Waals surface area contributed by atoms with Gasteiger partial charge in [-0.15, -0.1) is 0 Å². The lowest BCUT2D eigenvalue weighted by atomic mass is 10.1. The SMILES string of the molecule is COc1cc(Br)cc2c(C(=O)NN=Cc3ccc(N(C)C)o3)coc12. The highest BCUT2D eigenvalue weighted by Gasteiger charge is 2.17. The minimum absolute atomic E-state index is 0.361. The lowest BCUT2D eigenvalue weighted by Crippen LogP contribution is -2.17. The van der Waals surface area contributed by atoms with E-state index in [0.29, 0.717) is 33.9 Å². The Morgan fingerprint density at radius 1 is 1.36 bits per heavy atom. The molecule has 0 aliphatic rings. The number of ether oxygens (including phenoxy) is 1. The average molecular weight is 406 g/mol. The van der Waals surface area contributed by atoms with Crippen LogP contribution in [0.15, 0.2) is 48.9 Å². The summed E-state index contributed by atoms with van der Waals surface area (Å²) in [5.74, 6) is 1.38. The van der Waals surface area contributed by atoms with Crippen LogP contribution in [0.1, 0.15) is 16.1 Å². The van der Waals surface area contributed by atoms with Crippen LogP contribution in [0.4, 0.5) is 5.88 Å². The van der Waals surface area contributed by atoms with E-state index in [4.69, 9.17) is 13.6 Å². The predicted molar refractivity (Wildman–Crippen MR) is 98.6 cm³/mol. The van der Waals surface area contributed by atoms with Crippen LogP contribution in [-0.2, 0) is 0 Å². The van der Waals surface area contributed by atoms with Crippen LogP contribution in [0.5, 0.6) is 5.75 Å². The number of benzene rings is 1. The van der Waals surface area contributed by atoms with E-state index < -0.39 is 5.91 Å². The third-order valence-electron chi connectivity index (χ3n) is 3.48. The number of carbonyl (C=O) groups is 1. The number of fused-ring (bicyclic) bond motifs is 1. The zero-order valence-electron chi connectivity index (χ0n) is 13.9. The monoisotopic (exact) mass is 405 g/mol. The topological polar surface area (TPSA) is 80.2 Å². The number of anilines is 1. The molecule has 0 saturated heterocycles. The van der Waals surface area contributed by atoms with E-state index in [0.717, 1.165) is 4.47 Å². The normalized spacial score (nSPS) is 11.2. The molecule has 0 aliphatic carbocycles. The average Bonchev–Trinajstić information content (AvgIpc) is 3.20. The molecular formula is C17H16BrN3O4. The highest BCUT2D eigenvalue weighted by molar-refractivity contribution is 9.10. The maximum absolute atomic E-state index is 12.4. The van der Waals surface area contributed by atoms with E-state index in [2.05, 4.69) is 26.5 Å². The Kier molecular flexibility index (Phi) is 4.80. The Bertz CT molecular complexity index is 943. The van der Waals surface area contributed by atoms with E-state index >= 15 is 0 Å². The number of halogens is 1. The van der Waals surface area contributed by atoms with Crippen LogP contribution in [0, 0.1) is 0 Å². The molecule has 25 heavy (non-hydrogen) atoms. The summed E-state index contributed by atoms with van der Waals surface area (Å²) in [5, 5.41) is 4.55. The summed E-state index contributed by atoms with van der Waals surface area (Å²) in [7, 11) is 5.29. The molecule has 7 nitrogen and oxygen atoms in total. The second-order valence-corrected chi connectivity index (χ2v) is 6.32. The molecule has 0 saturated carbocycles. The molecule has 0 radical (unpaired) electrons. The van der Waals surface area contributed by atoms with Crippen LogP contribution in [0.25, 0.3) is 11.0 Å². The Balaban J connectivity index is 1.78. The van der Waals surface area contributed by atoms with Crippen LogP contribution >= 0.6 is 15.9 Å².